The van der Waals surface area contributed by atoms with Gasteiger partial charge in [-0.25, -0.2) is 0 Å². The molecule has 1 aliphatic carbocycles. The molecule has 0 aromatic heterocycles. The van der Waals surface area contributed by atoms with Crippen molar-refractivity contribution in [3.8, 4) is 0 Å². The number of anilines is 1. The molecule has 0 saturated heterocycles. The molecule has 1 aromatic rings. The van der Waals surface area contributed by atoms with E-state index >= 15 is 0 Å². The van der Waals surface area contributed by atoms with Gasteiger partial charge in [0.25, 0.3) is 5.69 Å². The molecular weight excluding hydrogens is 275 g/mol. The SMILES string of the molecule is NC(CNc1ccc(C(F)(F)F)cc1[N+](=O)[O-])C1CC1. The summed E-state index contributed by atoms with van der Waals surface area (Å²) in [6, 6.07) is 2.28. The Labute approximate surface area is 113 Å². The predicted molar refractivity (Wildman–Crippen MR) is 67.3 cm³/mol. The molecular formula is C12H14F3N3O2. The summed E-state index contributed by atoms with van der Waals surface area (Å²) in [5.41, 5.74) is 4.26. The summed E-state index contributed by atoms with van der Waals surface area (Å²) >= 11 is 0. The van der Waals surface area contributed by atoms with Gasteiger partial charge in [-0.05, 0) is 30.9 Å². The second kappa shape index (κ2) is 5.28. The van der Waals surface area contributed by atoms with Crippen molar-refractivity contribution < 1.29 is 18.1 Å². The summed E-state index contributed by atoms with van der Waals surface area (Å²) in [7, 11) is 0. The van der Waals surface area contributed by atoms with Crippen molar-refractivity contribution in [2.24, 2.45) is 11.7 Å². The molecule has 0 radical (unpaired) electrons. The standard InChI is InChI=1S/C12H14F3N3O2/c13-12(14,15)8-3-4-10(11(5-8)18(19)20)17-6-9(16)7-1-2-7/h3-5,7,9,17H,1-2,6,16H2. The first-order valence-electron chi connectivity index (χ1n) is 6.14. The minimum Gasteiger partial charge on any atom is -0.378 e. The zero-order valence-electron chi connectivity index (χ0n) is 10.5. The van der Waals surface area contributed by atoms with Crippen LogP contribution in [-0.4, -0.2) is 17.5 Å². The van der Waals surface area contributed by atoms with Gasteiger partial charge in [-0.15, -0.1) is 0 Å². The van der Waals surface area contributed by atoms with Gasteiger partial charge in [0.15, 0.2) is 0 Å². The van der Waals surface area contributed by atoms with Crippen LogP contribution in [0.3, 0.4) is 0 Å². The van der Waals surface area contributed by atoms with Gasteiger partial charge in [0.2, 0.25) is 0 Å². The molecule has 2 rings (SSSR count). The van der Waals surface area contributed by atoms with Gasteiger partial charge in [0, 0.05) is 18.7 Å². The monoisotopic (exact) mass is 289 g/mol. The lowest BCUT2D eigenvalue weighted by Crippen LogP contribution is -2.31. The summed E-state index contributed by atoms with van der Waals surface area (Å²) < 4.78 is 37.6. The molecule has 3 N–H and O–H groups in total. The molecule has 0 bridgehead atoms. The van der Waals surface area contributed by atoms with E-state index in [9.17, 15) is 23.3 Å². The predicted octanol–water partition coefficient (Wildman–Crippen LogP) is 2.76. The van der Waals surface area contributed by atoms with Crippen LogP contribution in [0.15, 0.2) is 18.2 Å². The summed E-state index contributed by atoms with van der Waals surface area (Å²) in [6.07, 6.45) is -2.55. The maximum Gasteiger partial charge on any atom is 0.416 e. The first-order chi connectivity index (χ1) is 9.29. The zero-order valence-corrected chi connectivity index (χ0v) is 10.5. The van der Waals surface area contributed by atoms with Gasteiger partial charge in [0.1, 0.15) is 5.69 Å². The van der Waals surface area contributed by atoms with E-state index in [1.165, 1.54) is 0 Å². The van der Waals surface area contributed by atoms with Gasteiger partial charge < -0.3 is 11.1 Å². The summed E-state index contributed by atoms with van der Waals surface area (Å²) in [6.45, 7) is 0.302. The lowest BCUT2D eigenvalue weighted by molar-refractivity contribution is -0.384. The fraction of sp³-hybridized carbons (Fsp3) is 0.500. The number of hydrogen-bond acceptors (Lipinski definition) is 4. The smallest absolute Gasteiger partial charge is 0.378 e. The van der Waals surface area contributed by atoms with E-state index in [4.69, 9.17) is 5.73 Å². The topological polar surface area (TPSA) is 81.2 Å². The van der Waals surface area contributed by atoms with E-state index in [-0.39, 0.29) is 11.7 Å². The van der Waals surface area contributed by atoms with Crippen LogP contribution in [0.1, 0.15) is 18.4 Å². The number of nitro benzene ring substituents is 1. The summed E-state index contributed by atoms with van der Waals surface area (Å²) in [5, 5.41) is 13.6. The lowest BCUT2D eigenvalue weighted by Gasteiger charge is -2.14. The van der Waals surface area contributed by atoms with E-state index in [1.54, 1.807) is 0 Å². The third-order valence-corrected chi connectivity index (χ3v) is 3.28. The van der Waals surface area contributed by atoms with E-state index in [1.807, 2.05) is 0 Å². The molecule has 20 heavy (non-hydrogen) atoms. The molecule has 1 aromatic carbocycles. The number of rotatable bonds is 5. The minimum atomic E-state index is -4.60. The highest BCUT2D eigenvalue weighted by molar-refractivity contribution is 5.63. The molecule has 0 aliphatic heterocycles. The van der Waals surface area contributed by atoms with Crippen LogP contribution in [0.25, 0.3) is 0 Å². The van der Waals surface area contributed by atoms with Crippen molar-refractivity contribution in [1.82, 2.24) is 0 Å². The number of nitrogens with two attached hydrogens (primary N) is 1. The van der Waals surface area contributed by atoms with Crippen LogP contribution < -0.4 is 11.1 Å². The lowest BCUT2D eigenvalue weighted by atomic mass is 10.1. The van der Waals surface area contributed by atoms with Crippen LogP contribution in [-0.2, 0) is 6.18 Å². The fourth-order valence-corrected chi connectivity index (χ4v) is 1.93. The average Bonchev–Trinajstić information content (AvgIpc) is 3.18. The molecule has 110 valence electrons. The fourth-order valence-electron chi connectivity index (χ4n) is 1.93. The van der Waals surface area contributed by atoms with Crippen molar-refractivity contribution in [1.29, 1.82) is 0 Å². The van der Waals surface area contributed by atoms with Crippen LogP contribution in [0.2, 0.25) is 0 Å². The summed E-state index contributed by atoms with van der Waals surface area (Å²) in [5.74, 6) is 0.399. The Hall–Kier alpha value is -1.83. The van der Waals surface area contributed by atoms with E-state index < -0.39 is 22.4 Å². The zero-order chi connectivity index (χ0) is 14.9. The maximum atomic E-state index is 12.5. The Morgan fingerprint density at radius 2 is 2.10 bits per heavy atom. The van der Waals surface area contributed by atoms with E-state index in [0.717, 1.165) is 25.0 Å². The number of alkyl halides is 3. The van der Waals surface area contributed by atoms with Crippen LogP contribution in [0.4, 0.5) is 24.5 Å². The number of nitro groups is 1. The highest BCUT2D eigenvalue weighted by atomic mass is 19.4. The Morgan fingerprint density at radius 1 is 1.45 bits per heavy atom. The normalized spacial score (nSPS) is 16.8. The third-order valence-electron chi connectivity index (χ3n) is 3.28. The molecule has 8 heteroatoms. The molecule has 1 atom stereocenters. The largest absolute Gasteiger partial charge is 0.416 e. The Kier molecular flexibility index (Phi) is 3.85. The Balaban J connectivity index is 2.16. The number of hydrogen-bond donors (Lipinski definition) is 2. The minimum absolute atomic E-state index is 0.0547. The number of benzene rings is 1. The molecule has 1 fully saturated rings. The Morgan fingerprint density at radius 3 is 2.60 bits per heavy atom. The second-order valence-electron chi connectivity index (χ2n) is 4.87. The molecule has 0 amide bonds. The van der Waals surface area contributed by atoms with Crippen molar-refractivity contribution >= 4 is 11.4 Å². The molecule has 5 nitrogen and oxygen atoms in total. The third kappa shape index (κ3) is 3.38. The average molecular weight is 289 g/mol. The van der Waals surface area contributed by atoms with Crippen LogP contribution >= 0.6 is 0 Å². The van der Waals surface area contributed by atoms with Crippen molar-refractivity contribution in [2.75, 3.05) is 11.9 Å². The van der Waals surface area contributed by atoms with Crippen LogP contribution in [0.5, 0.6) is 0 Å². The first-order valence-corrected chi connectivity index (χ1v) is 6.14. The molecule has 0 spiro atoms. The van der Waals surface area contributed by atoms with Crippen molar-refractivity contribution in [3.63, 3.8) is 0 Å². The van der Waals surface area contributed by atoms with Gasteiger partial charge in [0.05, 0.1) is 10.5 Å². The second-order valence-corrected chi connectivity index (χ2v) is 4.87. The van der Waals surface area contributed by atoms with Crippen molar-refractivity contribution in [3.05, 3.63) is 33.9 Å². The van der Waals surface area contributed by atoms with Crippen molar-refractivity contribution in [2.45, 2.75) is 25.1 Å². The van der Waals surface area contributed by atoms with Gasteiger partial charge in [-0.3, -0.25) is 10.1 Å². The van der Waals surface area contributed by atoms with Crippen LogP contribution in [0, 0.1) is 16.0 Å². The molecule has 0 heterocycles. The maximum absolute atomic E-state index is 12.5. The molecule has 1 unspecified atom stereocenters. The Bertz CT molecular complexity index is 515. The highest BCUT2D eigenvalue weighted by Crippen LogP contribution is 2.35. The molecule has 1 aliphatic rings. The van der Waals surface area contributed by atoms with Gasteiger partial charge in [-0.2, -0.15) is 13.2 Å². The highest BCUT2D eigenvalue weighted by Gasteiger charge is 2.33. The van der Waals surface area contributed by atoms with E-state index in [0.29, 0.717) is 18.5 Å². The quantitative estimate of drug-likeness (QED) is 0.645. The number of nitrogens with one attached hydrogen (secondary N) is 1. The molecule has 1 saturated carbocycles. The van der Waals surface area contributed by atoms with E-state index in [2.05, 4.69) is 5.32 Å². The summed E-state index contributed by atoms with van der Waals surface area (Å²) in [4.78, 5) is 10.0. The first kappa shape index (κ1) is 14.6. The van der Waals surface area contributed by atoms with Gasteiger partial charge in [-0.1, -0.05) is 0 Å². The number of nitrogens with zero attached hydrogens (tertiary/aromatic N) is 1. The number of halogens is 3. The van der Waals surface area contributed by atoms with Gasteiger partial charge >= 0.3 is 6.18 Å².